The second-order valence-electron chi connectivity index (χ2n) is 3.99. The summed E-state index contributed by atoms with van der Waals surface area (Å²) in [4.78, 5) is 6.61. The average molecular weight is 222 g/mol. The van der Waals surface area contributed by atoms with E-state index in [1.165, 1.54) is 12.8 Å². The molecule has 1 rings (SSSR count). The van der Waals surface area contributed by atoms with Gasteiger partial charge in [0.1, 0.15) is 0 Å². The van der Waals surface area contributed by atoms with Gasteiger partial charge in [-0.05, 0) is 25.1 Å². The Bertz CT molecular complexity index is 264. The Hall–Kier alpha value is -0.930. The van der Waals surface area contributed by atoms with E-state index in [0.717, 1.165) is 31.7 Å². The lowest BCUT2D eigenvalue weighted by Gasteiger charge is -2.20. The minimum absolute atomic E-state index is 0.242. The number of unbranched alkanes of at least 4 members (excludes halogenated alkanes) is 1. The minimum atomic E-state index is 0.242. The van der Waals surface area contributed by atoms with E-state index in [1.807, 2.05) is 18.3 Å². The zero-order valence-electron chi connectivity index (χ0n) is 10.1. The molecular formula is C13H22N2O. The lowest BCUT2D eigenvalue weighted by molar-refractivity contribution is 0.195. The van der Waals surface area contributed by atoms with E-state index in [2.05, 4.69) is 22.9 Å². The molecule has 0 atom stereocenters. The van der Waals surface area contributed by atoms with Gasteiger partial charge in [0, 0.05) is 31.4 Å². The van der Waals surface area contributed by atoms with E-state index >= 15 is 0 Å². The molecule has 0 aliphatic rings. The second kappa shape index (κ2) is 8.25. The largest absolute Gasteiger partial charge is 0.395 e. The number of aliphatic hydroxyl groups is 1. The van der Waals surface area contributed by atoms with Crippen molar-refractivity contribution in [1.29, 1.82) is 0 Å². The van der Waals surface area contributed by atoms with Crippen LogP contribution in [0.3, 0.4) is 0 Å². The van der Waals surface area contributed by atoms with Crippen LogP contribution in [0.4, 0.5) is 0 Å². The Labute approximate surface area is 98.1 Å². The third-order valence-corrected chi connectivity index (χ3v) is 2.65. The molecule has 16 heavy (non-hydrogen) atoms. The quantitative estimate of drug-likeness (QED) is 0.727. The highest BCUT2D eigenvalue weighted by molar-refractivity contribution is 5.03. The fraction of sp³-hybridized carbons (Fsp3) is 0.615. The molecule has 0 saturated heterocycles. The molecule has 0 fully saturated rings. The Kier molecular flexibility index (Phi) is 6.77. The van der Waals surface area contributed by atoms with Gasteiger partial charge in [0.15, 0.2) is 0 Å². The first-order valence-electron chi connectivity index (χ1n) is 6.10. The molecule has 0 bridgehead atoms. The third kappa shape index (κ3) is 5.24. The number of pyridine rings is 1. The van der Waals surface area contributed by atoms with Gasteiger partial charge in [0.2, 0.25) is 0 Å². The topological polar surface area (TPSA) is 36.4 Å². The monoisotopic (exact) mass is 222 g/mol. The van der Waals surface area contributed by atoms with Gasteiger partial charge in [-0.25, -0.2) is 0 Å². The predicted octanol–water partition coefficient (Wildman–Crippen LogP) is 1.72. The first-order valence-corrected chi connectivity index (χ1v) is 6.10. The van der Waals surface area contributed by atoms with Crippen molar-refractivity contribution >= 4 is 0 Å². The fourth-order valence-electron chi connectivity index (χ4n) is 1.68. The van der Waals surface area contributed by atoms with Gasteiger partial charge >= 0.3 is 0 Å². The summed E-state index contributed by atoms with van der Waals surface area (Å²) in [6.45, 7) is 5.26. The highest BCUT2D eigenvalue weighted by Crippen LogP contribution is 2.00. The van der Waals surface area contributed by atoms with Crippen molar-refractivity contribution < 1.29 is 5.11 Å². The van der Waals surface area contributed by atoms with Crippen molar-refractivity contribution in [3.8, 4) is 0 Å². The van der Waals surface area contributed by atoms with Gasteiger partial charge < -0.3 is 10.0 Å². The normalized spacial score (nSPS) is 10.9. The summed E-state index contributed by atoms with van der Waals surface area (Å²) in [5, 5.41) is 8.98. The van der Waals surface area contributed by atoms with Crippen LogP contribution in [0.15, 0.2) is 24.4 Å². The Morgan fingerprint density at radius 3 is 2.75 bits per heavy atom. The van der Waals surface area contributed by atoms with Crippen LogP contribution in [0.2, 0.25) is 0 Å². The molecule has 1 aromatic rings. The summed E-state index contributed by atoms with van der Waals surface area (Å²) >= 11 is 0. The minimum Gasteiger partial charge on any atom is -0.395 e. The molecule has 3 heteroatoms. The molecule has 0 spiro atoms. The maximum absolute atomic E-state index is 8.98. The van der Waals surface area contributed by atoms with Gasteiger partial charge in [-0.3, -0.25) is 4.98 Å². The molecule has 3 nitrogen and oxygen atoms in total. The molecule has 0 saturated carbocycles. The smallest absolute Gasteiger partial charge is 0.0558 e. The number of aliphatic hydroxyl groups excluding tert-OH is 1. The van der Waals surface area contributed by atoms with Crippen LogP contribution in [0.1, 0.15) is 25.5 Å². The first kappa shape index (κ1) is 13.1. The van der Waals surface area contributed by atoms with Crippen LogP contribution in [-0.2, 0) is 6.42 Å². The number of rotatable bonds is 8. The average Bonchev–Trinajstić information content (AvgIpc) is 2.34. The Balaban J connectivity index is 2.31. The van der Waals surface area contributed by atoms with Crippen molar-refractivity contribution in [2.45, 2.75) is 26.2 Å². The molecule has 0 unspecified atom stereocenters. The molecule has 1 heterocycles. The van der Waals surface area contributed by atoms with E-state index in [0.29, 0.717) is 0 Å². The first-order chi connectivity index (χ1) is 7.86. The number of hydrogen-bond donors (Lipinski definition) is 1. The molecule has 0 aromatic carbocycles. The van der Waals surface area contributed by atoms with Crippen LogP contribution >= 0.6 is 0 Å². The predicted molar refractivity (Wildman–Crippen MR) is 66.4 cm³/mol. The summed E-state index contributed by atoms with van der Waals surface area (Å²) in [5.74, 6) is 0. The van der Waals surface area contributed by atoms with Crippen LogP contribution in [0.5, 0.6) is 0 Å². The van der Waals surface area contributed by atoms with Gasteiger partial charge in [-0.1, -0.05) is 19.4 Å². The molecule has 0 aliphatic carbocycles. The van der Waals surface area contributed by atoms with E-state index in [4.69, 9.17) is 5.11 Å². The summed E-state index contributed by atoms with van der Waals surface area (Å²) in [5.41, 5.74) is 1.13. The van der Waals surface area contributed by atoms with E-state index in [9.17, 15) is 0 Å². The highest BCUT2D eigenvalue weighted by Gasteiger charge is 2.04. The number of aromatic nitrogens is 1. The third-order valence-electron chi connectivity index (χ3n) is 2.65. The van der Waals surface area contributed by atoms with Crippen molar-refractivity contribution in [3.05, 3.63) is 30.1 Å². The molecule has 0 radical (unpaired) electrons. The van der Waals surface area contributed by atoms with E-state index < -0.39 is 0 Å². The Morgan fingerprint density at radius 2 is 2.12 bits per heavy atom. The van der Waals surface area contributed by atoms with Crippen molar-refractivity contribution in [2.75, 3.05) is 26.2 Å². The molecule has 90 valence electrons. The van der Waals surface area contributed by atoms with Gasteiger partial charge in [0.25, 0.3) is 0 Å². The van der Waals surface area contributed by atoms with Crippen molar-refractivity contribution in [2.24, 2.45) is 0 Å². The van der Waals surface area contributed by atoms with Crippen LogP contribution in [0, 0.1) is 0 Å². The maximum Gasteiger partial charge on any atom is 0.0558 e. The number of hydrogen-bond acceptors (Lipinski definition) is 3. The molecule has 1 N–H and O–H groups in total. The lowest BCUT2D eigenvalue weighted by atomic mass is 10.2. The van der Waals surface area contributed by atoms with Crippen molar-refractivity contribution in [3.63, 3.8) is 0 Å². The standard InChI is InChI=1S/C13H22N2O/c1-2-3-9-15(11-12-16)10-7-13-6-4-5-8-14-13/h4-6,8,16H,2-3,7,9-12H2,1H3. The summed E-state index contributed by atoms with van der Waals surface area (Å²) in [7, 11) is 0. The Morgan fingerprint density at radius 1 is 1.25 bits per heavy atom. The number of nitrogens with zero attached hydrogens (tertiary/aromatic N) is 2. The van der Waals surface area contributed by atoms with Crippen LogP contribution < -0.4 is 0 Å². The summed E-state index contributed by atoms with van der Waals surface area (Å²) in [6, 6.07) is 6.01. The molecule has 0 aliphatic heterocycles. The summed E-state index contributed by atoms with van der Waals surface area (Å²) < 4.78 is 0. The zero-order valence-corrected chi connectivity index (χ0v) is 10.1. The van der Waals surface area contributed by atoms with E-state index in [1.54, 1.807) is 0 Å². The van der Waals surface area contributed by atoms with Crippen LogP contribution in [0.25, 0.3) is 0 Å². The lowest BCUT2D eigenvalue weighted by Crippen LogP contribution is -2.30. The maximum atomic E-state index is 8.98. The molecular weight excluding hydrogens is 200 g/mol. The van der Waals surface area contributed by atoms with Crippen molar-refractivity contribution in [1.82, 2.24) is 9.88 Å². The second-order valence-corrected chi connectivity index (χ2v) is 3.99. The van der Waals surface area contributed by atoms with Gasteiger partial charge in [-0.2, -0.15) is 0 Å². The summed E-state index contributed by atoms with van der Waals surface area (Å²) in [6.07, 6.45) is 5.19. The van der Waals surface area contributed by atoms with Gasteiger partial charge in [0.05, 0.1) is 6.61 Å². The highest BCUT2D eigenvalue weighted by atomic mass is 16.3. The van der Waals surface area contributed by atoms with E-state index in [-0.39, 0.29) is 6.61 Å². The fourth-order valence-corrected chi connectivity index (χ4v) is 1.68. The van der Waals surface area contributed by atoms with Crippen LogP contribution in [-0.4, -0.2) is 41.2 Å². The zero-order chi connectivity index (χ0) is 11.6. The molecule has 1 aromatic heterocycles. The SMILES string of the molecule is CCCCN(CCO)CCc1ccccn1. The van der Waals surface area contributed by atoms with Gasteiger partial charge in [-0.15, -0.1) is 0 Å². The molecule has 0 amide bonds.